The van der Waals surface area contributed by atoms with E-state index < -0.39 is 0 Å². The fraction of sp³-hybridized carbons (Fsp3) is 0.222. The monoisotopic (exact) mass is 327 g/mol. The van der Waals surface area contributed by atoms with Gasteiger partial charge in [0.2, 0.25) is 5.28 Å². The fourth-order valence-corrected chi connectivity index (χ4v) is 2.91. The predicted molar refractivity (Wildman–Crippen MR) is 92.9 cm³/mol. The minimum absolute atomic E-state index is 0.0926. The molecule has 0 unspecified atom stereocenters. The number of fused-ring (bicyclic) bond motifs is 1. The first kappa shape index (κ1) is 15.6. The number of nitrogens with zero attached hydrogens (tertiary/aromatic N) is 2. The second-order valence-electron chi connectivity index (χ2n) is 5.32. The van der Waals surface area contributed by atoms with E-state index in [0.29, 0.717) is 17.4 Å². The molecule has 0 saturated carbocycles. The molecular weight excluding hydrogens is 310 g/mol. The molecule has 0 saturated heterocycles. The van der Waals surface area contributed by atoms with Gasteiger partial charge in [-0.05, 0) is 48.7 Å². The molecule has 1 aromatic heterocycles. The molecule has 0 bridgehead atoms. The van der Waals surface area contributed by atoms with E-state index in [1.165, 1.54) is 5.56 Å². The molecule has 1 heterocycles. The average molecular weight is 328 g/mol. The Bertz CT molecular complexity index is 827. The van der Waals surface area contributed by atoms with Crippen molar-refractivity contribution in [3.63, 3.8) is 0 Å². The minimum atomic E-state index is -0.0926. The summed E-state index contributed by atoms with van der Waals surface area (Å²) in [7, 11) is 0. The number of imidazole rings is 1. The summed E-state index contributed by atoms with van der Waals surface area (Å²) in [6, 6.07) is 15.6. The molecule has 0 radical (unpaired) electrons. The van der Waals surface area contributed by atoms with Gasteiger partial charge in [-0.2, -0.15) is 0 Å². The maximum atomic E-state index is 12.3. The first-order chi connectivity index (χ1) is 11.2. The molecule has 1 N–H and O–H groups in total. The highest BCUT2D eigenvalue weighted by atomic mass is 35.5. The third kappa shape index (κ3) is 3.37. The molecule has 5 heteroatoms. The number of carbonyl (C=O) groups excluding carboxylic acids is 1. The number of hydrogen-bond donors (Lipinski definition) is 1. The first-order valence-electron chi connectivity index (χ1n) is 7.67. The Morgan fingerprint density at radius 3 is 2.74 bits per heavy atom. The zero-order valence-electron chi connectivity index (χ0n) is 12.9. The number of nitrogens with one attached hydrogen (secondary N) is 1. The van der Waals surface area contributed by atoms with E-state index in [2.05, 4.69) is 22.4 Å². The van der Waals surface area contributed by atoms with Gasteiger partial charge < -0.3 is 9.88 Å². The molecule has 4 nitrogen and oxygen atoms in total. The van der Waals surface area contributed by atoms with Crippen LogP contribution in [0.15, 0.2) is 48.5 Å². The van der Waals surface area contributed by atoms with Crippen molar-refractivity contribution >= 4 is 28.5 Å². The molecule has 0 atom stereocenters. The largest absolute Gasteiger partial charge is 0.352 e. The zero-order valence-corrected chi connectivity index (χ0v) is 13.7. The third-order valence-corrected chi connectivity index (χ3v) is 4.11. The molecule has 0 fully saturated rings. The Labute approximate surface area is 140 Å². The Morgan fingerprint density at radius 2 is 2.00 bits per heavy atom. The molecule has 0 aliphatic rings. The van der Waals surface area contributed by atoms with Crippen molar-refractivity contribution in [2.45, 2.75) is 19.9 Å². The molecule has 0 spiro atoms. The van der Waals surface area contributed by atoms with Gasteiger partial charge in [0.25, 0.3) is 5.91 Å². The van der Waals surface area contributed by atoms with Crippen LogP contribution in [0.1, 0.15) is 22.8 Å². The number of aryl methyl sites for hydroxylation is 1. The Morgan fingerprint density at radius 1 is 1.22 bits per heavy atom. The summed E-state index contributed by atoms with van der Waals surface area (Å²) >= 11 is 6.10. The van der Waals surface area contributed by atoms with Crippen molar-refractivity contribution < 1.29 is 4.79 Å². The van der Waals surface area contributed by atoms with Gasteiger partial charge in [-0.1, -0.05) is 30.3 Å². The van der Waals surface area contributed by atoms with Crippen molar-refractivity contribution in [2.24, 2.45) is 0 Å². The van der Waals surface area contributed by atoms with Crippen LogP contribution in [0.25, 0.3) is 11.0 Å². The summed E-state index contributed by atoms with van der Waals surface area (Å²) in [4.78, 5) is 16.6. The van der Waals surface area contributed by atoms with Crippen LogP contribution in [0.2, 0.25) is 5.28 Å². The quantitative estimate of drug-likeness (QED) is 0.777. The molecule has 3 rings (SSSR count). The van der Waals surface area contributed by atoms with Crippen molar-refractivity contribution in [2.75, 3.05) is 6.54 Å². The van der Waals surface area contributed by atoms with E-state index in [-0.39, 0.29) is 5.91 Å². The van der Waals surface area contributed by atoms with Crippen LogP contribution in [-0.2, 0) is 13.0 Å². The normalized spacial score (nSPS) is 10.9. The maximum absolute atomic E-state index is 12.3. The number of benzene rings is 2. The lowest BCUT2D eigenvalue weighted by Gasteiger charge is -2.06. The van der Waals surface area contributed by atoms with Gasteiger partial charge in [0.15, 0.2) is 0 Å². The van der Waals surface area contributed by atoms with Crippen molar-refractivity contribution in [3.05, 3.63) is 64.9 Å². The van der Waals surface area contributed by atoms with Gasteiger partial charge >= 0.3 is 0 Å². The average Bonchev–Trinajstić information content (AvgIpc) is 2.89. The molecule has 118 valence electrons. The van der Waals surface area contributed by atoms with Gasteiger partial charge in [0.1, 0.15) is 0 Å². The molecular formula is C18H18ClN3O. The smallest absolute Gasteiger partial charge is 0.251 e. The summed E-state index contributed by atoms with van der Waals surface area (Å²) in [5, 5.41) is 3.39. The van der Waals surface area contributed by atoms with Crippen molar-refractivity contribution in [1.29, 1.82) is 0 Å². The summed E-state index contributed by atoms with van der Waals surface area (Å²) in [5.74, 6) is -0.0926. The van der Waals surface area contributed by atoms with Crippen LogP contribution >= 0.6 is 11.6 Å². The standard InChI is InChI=1S/C18H18ClN3O/c1-2-22-16-9-8-14(12-15(16)21-18(22)19)17(23)20-11-10-13-6-4-3-5-7-13/h3-9,12H,2,10-11H2,1H3,(H,20,23). The highest BCUT2D eigenvalue weighted by molar-refractivity contribution is 6.29. The van der Waals surface area contributed by atoms with E-state index in [9.17, 15) is 4.79 Å². The van der Waals surface area contributed by atoms with Crippen LogP contribution in [0, 0.1) is 0 Å². The summed E-state index contributed by atoms with van der Waals surface area (Å²) in [5.41, 5.74) is 3.49. The van der Waals surface area contributed by atoms with Crippen LogP contribution in [0.3, 0.4) is 0 Å². The number of halogens is 1. The summed E-state index contributed by atoms with van der Waals surface area (Å²) < 4.78 is 1.91. The molecule has 0 aliphatic heterocycles. The van der Waals surface area contributed by atoms with E-state index in [1.54, 1.807) is 6.07 Å². The predicted octanol–water partition coefficient (Wildman–Crippen LogP) is 3.68. The van der Waals surface area contributed by atoms with Gasteiger partial charge in [0, 0.05) is 18.7 Å². The van der Waals surface area contributed by atoms with Gasteiger partial charge in [-0.3, -0.25) is 4.79 Å². The highest BCUT2D eigenvalue weighted by Crippen LogP contribution is 2.20. The zero-order chi connectivity index (χ0) is 16.2. The van der Waals surface area contributed by atoms with E-state index in [1.807, 2.05) is 41.8 Å². The lowest BCUT2D eigenvalue weighted by Crippen LogP contribution is -2.25. The Kier molecular flexibility index (Phi) is 4.63. The van der Waals surface area contributed by atoms with Crippen LogP contribution < -0.4 is 5.32 Å². The van der Waals surface area contributed by atoms with Crippen LogP contribution in [0.5, 0.6) is 0 Å². The lowest BCUT2D eigenvalue weighted by molar-refractivity contribution is 0.0954. The minimum Gasteiger partial charge on any atom is -0.352 e. The Balaban J connectivity index is 1.69. The first-order valence-corrected chi connectivity index (χ1v) is 8.04. The van der Waals surface area contributed by atoms with E-state index >= 15 is 0 Å². The SMILES string of the molecule is CCn1c(Cl)nc2cc(C(=O)NCCc3ccccc3)ccc21. The number of carbonyl (C=O) groups is 1. The highest BCUT2D eigenvalue weighted by Gasteiger charge is 2.11. The van der Waals surface area contributed by atoms with Crippen molar-refractivity contribution in [3.8, 4) is 0 Å². The van der Waals surface area contributed by atoms with E-state index in [0.717, 1.165) is 24.0 Å². The molecule has 23 heavy (non-hydrogen) atoms. The summed E-state index contributed by atoms with van der Waals surface area (Å²) in [6.07, 6.45) is 0.811. The van der Waals surface area contributed by atoms with Gasteiger partial charge in [0.05, 0.1) is 11.0 Å². The topological polar surface area (TPSA) is 46.9 Å². The number of aromatic nitrogens is 2. The maximum Gasteiger partial charge on any atom is 0.251 e. The van der Waals surface area contributed by atoms with Crippen LogP contribution in [-0.4, -0.2) is 22.0 Å². The molecule has 3 aromatic rings. The molecule has 1 amide bonds. The Hall–Kier alpha value is -2.33. The van der Waals surface area contributed by atoms with E-state index in [4.69, 9.17) is 11.6 Å². The third-order valence-electron chi connectivity index (χ3n) is 3.82. The second kappa shape index (κ2) is 6.84. The number of rotatable bonds is 5. The molecule has 2 aromatic carbocycles. The van der Waals surface area contributed by atoms with Crippen molar-refractivity contribution in [1.82, 2.24) is 14.9 Å². The second-order valence-corrected chi connectivity index (χ2v) is 5.66. The molecule has 0 aliphatic carbocycles. The number of hydrogen-bond acceptors (Lipinski definition) is 2. The van der Waals surface area contributed by atoms with Gasteiger partial charge in [-0.15, -0.1) is 0 Å². The summed E-state index contributed by atoms with van der Waals surface area (Å²) in [6.45, 7) is 3.36. The lowest BCUT2D eigenvalue weighted by atomic mass is 10.1. The number of amides is 1. The fourth-order valence-electron chi connectivity index (χ4n) is 2.61. The van der Waals surface area contributed by atoms with Gasteiger partial charge in [-0.25, -0.2) is 4.98 Å². The van der Waals surface area contributed by atoms with Crippen LogP contribution in [0.4, 0.5) is 0 Å².